The van der Waals surface area contributed by atoms with Gasteiger partial charge in [0.1, 0.15) is 0 Å². The van der Waals surface area contributed by atoms with E-state index < -0.39 is 0 Å². The summed E-state index contributed by atoms with van der Waals surface area (Å²) in [5, 5.41) is 6.01. The third-order valence-electron chi connectivity index (χ3n) is 3.72. The van der Waals surface area contributed by atoms with Crippen molar-refractivity contribution in [3.63, 3.8) is 0 Å². The van der Waals surface area contributed by atoms with Gasteiger partial charge in [-0.15, -0.1) is 0 Å². The van der Waals surface area contributed by atoms with Crippen molar-refractivity contribution in [2.24, 2.45) is 0 Å². The Labute approximate surface area is 116 Å². The fourth-order valence-electron chi connectivity index (χ4n) is 2.67. The van der Waals surface area contributed by atoms with Crippen LogP contribution in [0.1, 0.15) is 5.56 Å². The van der Waals surface area contributed by atoms with Gasteiger partial charge in [-0.05, 0) is 42.0 Å². The van der Waals surface area contributed by atoms with Crippen LogP contribution < -0.4 is 5.32 Å². The molecule has 0 aliphatic carbocycles. The average Bonchev–Trinajstić information content (AvgIpc) is 3.13. The molecule has 0 saturated heterocycles. The van der Waals surface area contributed by atoms with E-state index in [0.717, 1.165) is 12.2 Å². The van der Waals surface area contributed by atoms with Crippen molar-refractivity contribution in [3.8, 4) is 0 Å². The second-order valence-electron chi connectivity index (χ2n) is 4.99. The first kappa shape index (κ1) is 11.2. The Morgan fingerprint density at radius 1 is 0.850 bits per heavy atom. The van der Waals surface area contributed by atoms with Crippen LogP contribution >= 0.6 is 0 Å². The fourth-order valence-corrected chi connectivity index (χ4v) is 2.67. The van der Waals surface area contributed by atoms with E-state index in [-0.39, 0.29) is 0 Å². The van der Waals surface area contributed by atoms with Gasteiger partial charge in [0.05, 0.1) is 0 Å². The van der Waals surface area contributed by atoms with Crippen LogP contribution in [0, 0.1) is 0 Å². The molecule has 0 aliphatic heterocycles. The van der Waals surface area contributed by atoms with E-state index >= 15 is 0 Å². The van der Waals surface area contributed by atoms with Gasteiger partial charge in [0, 0.05) is 46.4 Å². The van der Waals surface area contributed by atoms with Crippen molar-refractivity contribution >= 4 is 27.5 Å². The van der Waals surface area contributed by atoms with E-state index in [1.807, 2.05) is 12.4 Å². The first-order chi connectivity index (χ1) is 9.90. The van der Waals surface area contributed by atoms with Crippen LogP contribution in [0.5, 0.6) is 0 Å². The quantitative estimate of drug-likeness (QED) is 0.507. The molecule has 0 unspecified atom stereocenters. The van der Waals surface area contributed by atoms with Crippen LogP contribution in [0.4, 0.5) is 5.69 Å². The summed E-state index contributed by atoms with van der Waals surface area (Å²) >= 11 is 0. The lowest BCUT2D eigenvalue weighted by atomic mass is 10.1. The molecule has 2 heterocycles. The fraction of sp³-hybridized carbons (Fsp3) is 0.0588. The standard InChI is InChI=1S/C17H15N3/c1-2-13(15-7-9-19-17(15)3-1)11-20-14-4-5-16-12(10-14)6-8-18-16/h1-10,18-20H,11H2. The number of nitrogens with one attached hydrogen (secondary N) is 3. The first-order valence-corrected chi connectivity index (χ1v) is 6.76. The van der Waals surface area contributed by atoms with Crippen molar-refractivity contribution in [2.75, 3.05) is 5.32 Å². The smallest absolute Gasteiger partial charge is 0.0457 e. The third kappa shape index (κ3) is 1.84. The Morgan fingerprint density at radius 3 is 2.75 bits per heavy atom. The van der Waals surface area contributed by atoms with Gasteiger partial charge < -0.3 is 15.3 Å². The molecule has 4 aromatic rings. The van der Waals surface area contributed by atoms with Gasteiger partial charge in [-0.1, -0.05) is 12.1 Å². The van der Waals surface area contributed by atoms with Crippen LogP contribution in [0.25, 0.3) is 21.8 Å². The van der Waals surface area contributed by atoms with Gasteiger partial charge in [0.15, 0.2) is 0 Å². The van der Waals surface area contributed by atoms with E-state index in [1.165, 1.54) is 27.4 Å². The number of hydrogen-bond donors (Lipinski definition) is 3. The second kappa shape index (κ2) is 4.46. The highest BCUT2D eigenvalue weighted by Gasteiger charge is 2.02. The van der Waals surface area contributed by atoms with Crippen LogP contribution in [0.15, 0.2) is 60.9 Å². The number of fused-ring (bicyclic) bond motifs is 2. The van der Waals surface area contributed by atoms with Gasteiger partial charge in [-0.3, -0.25) is 0 Å². The Hall–Kier alpha value is -2.68. The number of aromatic amines is 2. The van der Waals surface area contributed by atoms with E-state index in [2.05, 4.69) is 63.8 Å². The van der Waals surface area contributed by atoms with Gasteiger partial charge in [-0.2, -0.15) is 0 Å². The molecule has 0 spiro atoms. The van der Waals surface area contributed by atoms with Gasteiger partial charge >= 0.3 is 0 Å². The monoisotopic (exact) mass is 261 g/mol. The number of anilines is 1. The molecule has 2 aromatic carbocycles. The molecule has 0 saturated carbocycles. The van der Waals surface area contributed by atoms with Gasteiger partial charge in [-0.25, -0.2) is 0 Å². The van der Waals surface area contributed by atoms with Crippen molar-refractivity contribution in [1.29, 1.82) is 0 Å². The molecule has 3 nitrogen and oxygen atoms in total. The van der Waals surface area contributed by atoms with Crippen LogP contribution in [-0.4, -0.2) is 9.97 Å². The maximum absolute atomic E-state index is 3.50. The number of hydrogen-bond acceptors (Lipinski definition) is 1. The Morgan fingerprint density at radius 2 is 1.75 bits per heavy atom. The summed E-state index contributed by atoms with van der Waals surface area (Å²) in [6.07, 6.45) is 3.95. The average molecular weight is 261 g/mol. The predicted octanol–water partition coefficient (Wildman–Crippen LogP) is 4.26. The van der Waals surface area contributed by atoms with Crippen LogP contribution in [0.3, 0.4) is 0 Å². The molecule has 0 amide bonds. The molecule has 0 fully saturated rings. The maximum Gasteiger partial charge on any atom is 0.0457 e. The SMILES string of the molecule is c1cc(CNc2ccc3[nH]ccc3c2)c2cc[nH]c2c1. The highest BCUT2D eigenvalue weighted by atomic mass is 14.9. The van der Waals surface area contributed by atoms with Crippen LogP contribution in [-0.2, 0) is 6.54 Å². The number of rotatable bonds is 3. The molecular formula is C17H15N3. The predicted molar refractivity (Wildman–Crippen MR) is 83.9 cm³/mol. The molecular weight excluding hydrogens is 246 g/mol. The van der Waals surface area contributed by atoms with Crippen LogP contribution in [0.2, 0.25) is 0 Å². The summed E-state index contributed by atoms with van der Waals surface area (Å²) in [4.78, 5) is 6.46. The van der Waals surface area contributed by atoms with Crippen molar-refractivity contribution < 1.29 is 0 Å². The Balaban J connectivity index is 1.61. The summed E-state index contributed by atoms with van der Waals surface area (Å²) in [6, 6.07) is 17.0. The summed E-state index contributed by atoms with van der Waals surface area (Å²) in [5.74, 6) is 0. The molecule has 98 valence electrons. The molecule has 4 rings (SSSR count). The number of H-pyrrole nitrogens is 2. The lowest BCUT2D eigenvalue weighted by Gasteiger charge is -2.08. The summed E-state index contributed by atoms with van der Waals surface area (Å²) < 4.78 is 0. The van der Waals surface area contributed by atoms with Crippen molar-refractivity contribution in [3.05, 3.63) is 66.5 Å². The zero-order valence-corrected chi connectivity index (χ0v) is 11.0. The minimum atomic E-state index is 0.825. The molecule has 0 atom stereocenters. The van der Waals surface area contributed by atoms with E-state index in [4.69, 9.17) is 0 Å². The lowest BCUT2D eigenvalue weighted by Crippen LogP contribution is -1.99. The minimum Gasteiger partial charge on any atom is -0.381 e. The Bertz CT molecular complexity index is 870. The van der Waals surface area contributed by atoms with Crippen molar-refractivity contribution in [1.82, 2.24) is 9.97 Å². The minimum absolute atomic E-state index is 0.825. The first-order valence-electron chi connectivity index (χ1n) is 6.76. The molecule has 3 N–H and O–H groups in total. The summed E-state index contributed by atoms with van der Waals surface area (Å²) in [6.45, 7) is 0.825. The zero-order valence-electron chi connectivity index (χ0n) is 11.0. The van der Waals surface area contributed by atoms with Gasteiger partial charge in [0.2, 0.25) is 0 Å². The topological polar surface area (TPSA) is 43.6 Å². The lowest BCUT2D eigenvalue weighted by molar-refractivity contribution is 1.17. The Kier molecular flexibility index (Phi) is 2.49. The second-order valence-corrected chi connectivity index (χ2v) is 4.99. The van der Waals surface area contributed by atoms with E-state index in [9.17, 15) is 0 Å². The normalized spacial score (nSPS) is 11.2. The maximum atomic E-state index is 3.50. The van der Waals surface area contributed by atoms with Crippen molar-refractivity contribution in [2.45, 2.75) is 6.54 Å². The molecule has 2 aromatic heterocycles. The highest BCUT2D eigenvalue weighted by molar-refractivity contribution is 5.84. The molecule has 0 radical (unpaired) electrons. The largest absolute Gasteiger partial charge is 0.381 e. The molecule has 0 aliphatic rings. The zero-order chi connectivity index (χ0) is 13.4. The highest BCUT2D eigenvalue weighted by Crippen LogP contribution is 2.21. The van der Waals surface area contributed by atoms with E-state index in [0.29, 0.717) is 0 Å². The molecule has 3 heteroatoms. The number of aromatic nitrogens is 2. The summed E-state index contributed by atoms with van der Waals surface area (Å²) in [7, 11) is 0. The molecule has 20 heavy (non-hydrogen) atoms. The summed E-state index contributed by atoms with van der Waals surface area (Å²) in [5.41, 5.74) is 4.80. The molecule has 0 bridgehead atoms. The van der Waals surface area contributed by atoms with Gasteiger partial charge in [0.25, 0.3) is 0 Å². The number of benzene rings is 2. The van der Waals surface area contributed by atoms with E-state index in [1.54, 1.807) is 0 Å². The third-order valence-corrected chi connectivity index (χ3v) is 3.72.